The fraction of sp³-hybridized carbons (Fsp3) is 0.182. The van der Waals surface area contributed by atoms with Crippen LogP contribution in [0, 0.1) is 0 Å². The van der Waals surface area contributed by atoms with Crippen LogP contribution in [0.4, 0.5) is 5.69 Å². The highest BCUT2D eigenvalue weighted by molar-refractivity contribution is 7.80. The van der Waals surface area contributed by atoms with Gasteiger partial charge in [-0.25, -0.2) is 5.01 Å². The van der Waals surface area contributed by atoms with Crippen molar-refractivity contribution < 1.29 is 9.47 Å². The van der Waals surface area contributed by atoms with E-state index in [4.69, 9.17) is 26.8 Å². The molecule has 0 aliphatic carbocycles. The number of hydrogen-bond donors (Lipinski definition) is 1. The molecule has 3 aromatic rings. The van der Waals surface area contributed by atoms with E-state index >= 15 is 0 Å². The quantitative estimate of drug-likeness (QED) is 0.563. The first-order chi connectivity index (χ1) is 14.2. The average Bonchev–Trinajstić information content (AvgIpc) is 3.43. The lowest BCUT2D eigenvalue weighted by molar-refractivity contribution is 0.327. The second kappa shape index (κ2) is 8.63. The number of rotatable bonds is 5. The number of thiophene rings is 1. The molecule has 0 bridgehead atoms. The van der Waals surface area contributed by atoms with Crippen LogP contribution in [0.1, 0.15) is 22.9 Å². The first-order valence-electron chi connectivity index (χ1n) is 9.18. The molecule has 7 heteroatoms. The van der Waals surface area contributed by atoms with E-state index in [2.05, 4.69) is 16.8 Å². The highest BCUT2D eigenvalue weighted by Crippen LogP contribution is 2.42. The molecule has 29 heavy (non-hydrogen) atoms. The Balaban J connectivity index is 1.71. The summed E-state index contributed by atoms with van der Waals surface area (Å²) >= 11 is 7.41. The van der Waals surface area contributed by atoms with Gasteiger partial charge >= 0.3 is 0 Å². The summed E-state index contributed by atoms with van der Waals surface area (Å²) in [5.74, 6) is 1.40. The third-order valence-electron chi connectivity index (χ3n) is 4.74. The van der Waals surface area contributed by atoms with E-state index in [9.17, 15) is 0 Å². The standard InChI is InChI=1S/C22H21N3O2S2/c1-26-19-11-6-10-16(21(19)27-2)18-14-17(20-12-7-13-29-20)24-25(18)22(28)23-15-8-4-3-5-9-15/h3-13,18H,14H2,1-2H3,(H,23,28)/t18-/m0/s1. The van der Waals surface area contributed by atoms with Gasteiger partial charge in [-0.15, -0.1) is 11.3 Å². The molecule has 0 radical (unpaired) electrons. The number of anilines is 1. The zero-order valence-corrected chi connectivity index (χ0v) is 17.8. The van der Waals surface area contributed by atoms with Gasteiger partial charge in [0.05, 0.1) is 30.9 Å². The molecule has 0 saturated heterocycles. The van der Waals surface area contributed by atoms with Crippen molar-refractivity contribution in [3.05, 3.63) is 76.5 Å². The Kier molecular flexibility index (Phi) is 5.78. The summed E-state index contributed by atoms with van der Waals surface area (Å²) in [5, 5.41) is 12.6. The van der Waals surface area contributed by atoms with Crippen LogP contribution in [-0.2, 0) is 0 Å². The van der Waals surface area contributed by atoms with Gasteiger partial charge in [0.25, 0.3) is 0 Å². The normalized spacial score (nSPS) is 15.7. The van der Waals surface area contributed by atoms with E-state index in [1.165, 1.54) is 0 Å². The smallest absolute Gasteiger partial charge is 0.194 e. The SMILES string of the molecule is COc1cccc([C@@H]2CC(c3cccs3)=NN2C(=S)Nc2ccccc2)c1OC. The Morgan fingerprint density at radius 3 is 2.59 bits per heavy atom. The van der Waals surface area contributed by atoms with Crippen molar-refractivity contribution in [1.29, 1.82) is 0 Å². The van der Waals surface area contributed by atoms with E-state index in [0.29, 0.717) is 16.6 Å². The highest BCUT2D eigenvalue weighted by atomic mass is 32.1. The molecule has 1 atom stereocenters. The van der Waals surface area contributed by atoms with Gasteiger partial charge in [-0.1, -0.05) is 36.4 Å². The molecule has 0 saturated carbocycles. The van der Waals surface area contributed by atoms with Crippen molar-refractivity contribution >= 4 is 40.1 Å². The van der Waals surface area contributed by atoms with Gasteiger partial charge in [0.1, 0.15) is 0 Å². The van der Waals surface area contributed by atoms with Crippen molar-refractivity contribution in [2.75, 3.05) is 19.5 Å². The zero-order valence-electron chi connectivity index (χ0n) is 16.2. The minimum absolute atomic E-state index is 0.0964. The summed E-state index contributed by atoms with van der Waals surface area (Å²) in [7, 11) is 3.30. The van der Waals surface area contributed by atoms with Gasteiger partial charge < -0.3 is 14.8 Å². The molecule has 0 fully saturated rings. The Morgan fingerprint density at radius 2 is 1.90 bits per heavy atom. The lowest BCUT2D eigenvalue weighted by Crippen LogP contribution is -2.31. The van der Waals surface area contributed by atoms with Gasteiger partial charge in [-0.05, 0) is 41.9 Å². The molecule has 0 spiro atoms. The molecule has 5 nitrogen and oxygen atoms in total. The number of para-hydroxylation sites is 2. The number of nitrogens with one attached hydrogen (secondary N) is 1. The third kappa shape index (κ3) is 3.97. The first kappa shape index (κ1) is 19.4. The van der Waals surface area contributed by atoms with Gasteiger partial charge in [-0.2, -0.15) is 5.10 Å². The predicted molar refractivity (Wildman–Crippen MR) is 122 cm³/mol. The summed E-state index contributed by atoms with van der Waals surface area (Å²) in [4.78, 5) is 1.14. The minimum atomic E-state index is -0.0964. The van der Waals surface area contributed by atoms with Gasteiger partial charge in [-0.3, -0.25) is 0 Å². The van der Waals surface area contributed by atoms with Crippen LogP contribution < -0.4 is 14.8 Å². The lowest BCUT2D eigenvalue weighted by atomic mass is 10.00. The second-order valence-corrected chi connectivity index (χ2v) is 7.80. The lowest BCUT2D eigenvalue weighted by Gasteiger charge is -2.26. The molecule has 0 amide bonds. The molecule has 4 rings (SSSR count). The number of thiocarbonyl (C=S) groups is 1. The Labute approximate surface area is 179 Å². The number of benzene rings is 2. The average molecular weight is 424 g/mol. The fourth-order valence-electron chi connectivity index (χ4n) is 3.41. The van der Waals surface area contributed by atoms with Crippen LogP contribution in [-0.4, -0.2) is 30.1 Å². The largest absolute Gasteiger partial charge is 0.493 e. The van der Waals surface area contributed by atoms with Gasteiger partial charge in [0, 0.05) is 17.7 Å². The number of hydrazone groups is 1. The summed E-state index contributed by atoms with van der Waals surface area (Å²) in [6.07, 6.45) is 0.723. The maximum Gasteiger partial charge on any atom is 0.194 e. The fourth-order valence-corrected chi connectivity index (χ4v) is 4.42. The summed E-state index contributed by atoms with van der Waals surface area (Å²) in [5.41, 5.74) is 2.92. The Bertz CT molecular complexity index is 1020. The van der Waals surface area contributed by atoms with Crippen LogP contribution in [0.5, 0.6) is 11.5 Å². The topological polar surface area (TPSA) is 46.1 Å². The van der Waals surface area contributed by atoms with Crippen molar-refractivity contribution in [1.82, 2.24) is 5.01 Å². The van der Waals surface area contributed by atoms with Crippen LogP contribution >= 0.6 is 23.6 Å². The number of methoxy groups -OCH3 is 2. The van der Waals surface area contributed by atoms with E-state index in [1.54, 1.807) is 25.6 Å². The third-order valence-corrected chi connectivity index (χ3v) is 5.95. The van der Waals surface area contributed by atoms with E-state index < -0.39 is 0 Å². The van der Waals surface area contributed by atoms with Crippen LogP contribution in [0.15, 0.2) is 71.1 Å². The van der Waals surface area contributed by atoms with Gasteiger partial charge in [0.15, 0.2) is 16.6 Å². The number of nitrogens with zero attached hydrogens (tertiary/aromatic N) is 2. The molecular weight excluding hydrogens is 402 g/mol. The van der Waals surface area contributed by atoms with Crippen LogP contribution in [0.25, 0.3) is 0 Å². The molecule has 1 aliphatic rings. The van der Waals surface area contributed by atoms with E-state index in [1.807, 2.05) is 59.6 Å². The first-order valence-corrected chi connectivity index (χ1v) is 10.5. The maximum atomic E-state index is 5.74. The number of hydrogen-bond acceptors (Lipinski definition) is 5. The van der Waals surface area contributed by atoms with E-state index in [0.717, 1.165) is 28.3 Å². The minimum Gasteiger partial charge on any atom is -0.493 e. The molecule has 0 unspecified atom stereocenters. The molecule has 1 aromatic heterocycles. The monoisotopic (exact) mass is 423 g/mol. The van der Waals surface area contributed by atoms with Crippen molar-refractivity contribution in [2.45, 2.75) is 12.5 Å². The molecule has 1 N–H and O–H groups in total. The van der Waals surface area contributed by atoms with E-state index in [-0.39, 0.29) is 6.04 Å². The maximum absolute atomic E-state index is 5.74. The van der Waals surface area contributed by atoms with Crippen molar-refractivity contribution in [3.8, 4) is 11.5 Å². The van der Waals surface area contributed by atoms with Crippen molar-refractivity contribution in [2.24, 2.45) is 5.10 Å². The zero-order chi connectivity index (χ0) is 20.2. The summed E-state index contributed by atoms with van der Waals surface area (Å²) in [6, 6.07) is 19.8. The molecule has 2 heterocycles. The van der Waals surface area contributed by atoms with Crippen molar-refractivity contribution in [3.63, 3.8) is 0 Å². The molecular formula is C22H21N3O2S2. The number of ether oxygens (including phenoxy) is 2. The molecule has 1 aliphatic heterocycles. The Morgan fingerprint density at radius 1 is 1.07 bits per heavy atom. The second-order valence-electron chi connectivity index (χ2n) is 6.47. The van der Waals surface area contributed by atoms with Gasteiger partial charge in [0.2, 0.25) is 0 Å². The summed E-state index contributed by atoms with van der Waals surface area (Å²) < 4.78 is 11.2. The predicted octanol–water partition coefficient (Wildman–Crippen LogP) is 5.31. The van der Waals surface area contributed by atoms with Crippen LogP contribution in [0.3, 0.4) is 0 Å². The highest BCUT2D eigenvalue weighted by Gasteiger charge is 2.34. The molecule has 148 valence electrons. The Hall–Kier alpha value is -2.90. The molecule has 2 aromatic carbocycles. The summed E-state index contributed by atoms with van der Waals surface area (Å²) in [6.45, 7) is 0. The van der Waals surface area contributed by atoms with Crippen LogP contribution in [0.2, 0.25) is 0 Å².